The zero-order chi connectivity index (χ0) is 14.4. The molecular formula is C16H26N2O2. The van der Waals surface area contributed by atoms with E-state index in [1.54, 1.807) is 7.11 Å². The summed E-state index contributed by atoms with van der Waals surface area (Å²) in [4.78, 5) is 2.40. The van der Waals surface area contributed by atoms with Crippen LogP contribution < -0.4 is 10.5 Å². The SMILES string of the molecule is COc1ccc(CN2CCCCCC2CO)cc1CN. The van der Waals surface area contributed by atoms with Gasteiger partial charge in [-0.15, -0.1) is 0 Å². The van der Waals surface area contributed by atoms with E-state index < -0.39 is 0 Å². The predicted octanol–water partition coefficient (Wildman–Crippen LogP) is 1.89. The summed E-state index contributed by atoms with van der Waals surface area (Å²) in [6.07, 6.45) is 4.80. The standard InChI is InChI=1S/C16H26N2O2/c1-20-16-7-6-13(9-14(16)10-17)11-18-8-4-2-3-5-15(18)12-19/h6-7,9,15,19H,2-5,8,10-12,17H2,1H3. The Bertz CT molecular complexity index is 423. The minimum absolute atomic E-state index is 0.250. The third-order valence-electron chi connectivity index (χ3n) is 4.16. The Morgan fingerprint density at radius 2 is 2.20 bits per heavy atom. The molecule has 1 atom stereocenters. The fourth-order valence-corrected chi connectivity index (χ4v) is 2.98. The third-order valence-corrected chi connectivity index (χ3v) is 4.16. The van der Waals surface area contributed by atoms with Gasteiger partial charge in [0, 0.05) is 24.7 Å². The Morgan fingerprint density at radius 1 is 1.35 bits per heavy atom. The van der Waals surface area contributed by atoms with Gasteiger partial charge in [0.1, 0.15) is 5.75 Å². The molecule has 0 amide bonds. The molecule has 3 N–H and O–H groups in total. The van der Waals surface area contributed by atoms with Crippen LogP contribution in [0.3, 0.4) is 0 Å². The van der Waals surface area contributed by atoms with Gasteiger partial charge in [-0.2, -0.15) is 0 Å². The van der Waals surface area contributed by atoms with Gasteiger partial charge >= 0.3 is 0 Å². The molecule has 0 spiro atoms. The number of nitrogens with two attached hydrogens (primary N) is 1. The zero-order valence-corrected chi connectivity index (χ0v) is 12.3. The second-order valence-corrected chi connectivity index (χ2v) is 5.51. The quantitative estimate of drug-likeness (QED) is 0.863. The van der Waals surface area contributed by atoms with E-state index in [0.717, 1.165) is 30.8 Å². The lowest BCUT2D eigenvalue weighted by molar-refractivity contribution is 0.118. The van der Waals surface area contributed by atoms with E-state index in [4.69, 9.17) is 10.5 Å². The third kappa shape index (κ3) is 3.72. The summed E-state index contributed by atoms with van der Waals surface area (Å²) in [5.74, 6) is 0.853. The summed E-state index contributed by atoms with van der Waals surface area (Å²) in [5.41, 5.74) is 8.06. The molecule has 1 fully saturated rings. The number of methoxy groups -OCH3 is 1. The molecule has 1 aliphatic heterocycles. The van der Waals surface area contributed by atoms with Crippen molar-refractivity contribution in [3.05, 3.63) is 29.3 Å². The topological polar surface area (TPSA) is 58.7 Å². The molecule has 0 radical (unpaired) electrons. The van der Waals surface area contributed by atoms with Crippen LogP contribution in [0, 0.1) is 0 Å². The molecule has 0 bridgehead atoms. The molecule has 2 rings (SSSR count). The molecule has 0 aromatic heterocycles. The first-order chi connectivity index (χ1) is 9.78. The first-order valence-corrected chi connectivity index (χ1v) is 7.49. The maximum Gasteiger partial charge on any atom is 0.123 e. The van der Waals surface area contributed by atoms with E-state index in [1.807, 2.05) is 6.07 Å². The number of hydrogen-bond donors (Lipinski definition) is 2. The van der Waals surface area contributed by atoms with Crippen LogP contribution in [-0.4, -0.2) is 36.3 Å². The molecule has 1 unspecified atom stereocenters. The number of aliphatic hydroxyl groups is 1. The van der Waals surface area contributed by atoms with Gasteiger partial charge in [0.2, 0.25) is 0 Å². The number of benzene rings is 1. The van der Waals surface area contributed by atoms with E-state index in [9.17, 15) is 5.11 Å². The van der Waals surface area contributed by atoms with Gasteiger partial charge in [0.05, 0.1) is 13.7 Å². The van der Waals surface area contributed by atoms with E-state index in [1.165, 1.54) is 24.8 Å². The van der Waals surface area contributed by atoms with Gasteiger partial charge in [-0.1, -0.05) is 18.9 Å². The average molecular weight is 278 g/mol. The molecule has 1 heterocycles. The number of rotatable bonds is 5. The van der Waals surface area contributed by atoms with E-state index in [2.05, 4.69) is 17.0 Å². The number of hydrogen-bond acceptors (Lipinski definition) is 4. The van der Waals surface area contributed by atoms with E-state index >= 15 is 0 Å². The lowest BCUT2D eigenvalue weighted by atomic mass is 10.1. The maximum atomic E-state index is 9.57. The molecule has 1 aromatic carbocycles. The molecule has 1 aromatic rings. The van der Waals surface area contributed by atoms with Crippen LogP contribution in [0.1, 0.15) is 36.8 Å². The van der Waals surface area contributed by atoms with E-state index in [0.29, 0.717) is 12.6 Å². The Kier molecular flexibility index (Phi) is 5.83. The van der Waals surface area contributed by atoms with Crippen LogP contribution >= 0.6 is 0 Å². The Hall–Kier alpha value is -1.10. The van der Waals surface area contributed by atoms with Gasteiger partial charge in [-0.25, -0.2) is 0 Å². The van der Waals surface area contributed by atoms with E-state index in [-0.39, 0.29) is 6.61 Å². The Labute approximate surface area is 121 Å². The first kappa shape index (κ1) is 15.3. The molecular weight excluding hydrogens is 252 g/mol. The molecule has 112 valence electrons. The lowest BCUT2D eigenvalue weighted by Gasteiger charge is -2.28. The number of aliphatic hydroxyl groups excluding tert-OH is 1. The fraction of sp³-hybridized carbons (Fsp3) is 0.625. The monoisotopic (exact) mass is 278 g/mol. The minimum Gasteiger partial charge on any atom is -0.496 e. The molecule has 4 heteroatoms. The highest BCUT2D eigenvalue weighted by atomic mass is 16.5. The number of likely N-dealkylation sites (tertiary alicyclic amines) is 1. The molecule has 1 aliphatic rings. The Balaban J connectivity index is 2.11. The lowest BCUT2D eigenvalue weighted by Crippen LogP contribution is -2.36. The number of nitrogens with zero attached hydrogens (tertiary/aromatic N) is 1. The molecule has 0 aliphatic carbocycles. The van der Waals surface area contributed by atoms with Crippen molar-refractivity contribution in [1.82, 2.24) is 4.90 Å². The highest BCUT2D eigenvalue weighted by Crippen LogP contribution is 2.23. The smallest absolute Gasteiger partial charge is 0.123 e. The van der Waals surface area contributed by atoms with Crippen molar-refractivity contribution in [2.24, 2.45) is 5.73 Å². The first-order valence-electron chi connectivity index (χ1n) is 7.49. The van der Waals surface area contributed by atoms with Crippen molar-refractivity contribution >= 4 is 0 Å². The average Bonchev–Trinajstić information content (AvgIpc) is 2.72. The predicted molar refractivity (Wildman–Crippen MR) is 80.6 cm³/mol. The van der Waals surface area contributed by atoms with Crippen molar-refractivity contribution in [2.45, 2.75) is 44.8 Å². The van der Waals surface area contributed by atoms with Gasteiger partial charge in [-0.3, -0.25) is 4.90 Å². The Morgan fingerprint density at radius 3 is 2.90 bits per heavy atom. The molecule has 4 nitrogen and oxygen atoms in total. The van der Waals surface area contributed by atoms with Crippen LogP contribution in [0.25, 0.3) is 0 Å². The van der Waals surface area contributed by atoms with Crippen molar-refractivity contribution in [2.75, 3.05) is 20.3 Å². The van der Waals surface area contributed by atoms with Crippen LogP contribution in [0.15, 0.2) is 18.2 Å². The van der Waals surface area contributed by atoms with Gasteiger partial charge < -0.3 is 15.6 Å². The van der Waals surface area contributed by atoms with Crippen LogP contribution in [0.4, 0.5) is 0 Å². The zero-order valence-electron chi connectivity index (χ0n) is 12.3. The molecule has 0 saturated carbocycles. The summed E-state index contributed by atoms with van der Waals surface area (Å²) < 4.78 is 5.31. The maximum absolute atomic E-state index is 9.57. The summed E-state index contributed by atoms with van der Waals surface area (Å²) in [6, 6.07) is 6.50. The highest BCUT2D eigenvalue weighted by Gasteiger charge is 2.20. The highest BCUT2D eigenvalue weighted by molar-refractivity contribution is 5.37. The summed E-state index contributed by atoms with van der Waals surface area (Å²) in [5, 5.41) is 9.57. The molecule has 1 saturated heterocycles. The van der Waals surface area contributed by atoms with Crippen molar-refractivity contribution in [1.29, 1.82) is 0 Å². The van der Waals surface area contributed by atoms with Crippen LogP contribution in [0.2, 0.25) is 0 Å². The summed E-state index contributed by atoms with van der Waals surface area (Å²) >= 11 is 0. The van der Waals surface area contributed by atoms with Crippen LogP contribution in [-0.2, 0) is 13.1 Å². The summed E-state index contributed by atoms with van der Waals surface area (Å²) in [7, 11) is 1.67. The van der Waals surface area contributed by atoms with Crippen molar-refractivity contribution in [3.8, 4) is 5.75 Å². The fourth-order valence-electron chi connectivity index (χ4n) is 2.98. The van der Waals surface area contributed by atoms with Crippen molar-refractivity contribution in [3.63, 3.8) is 0 Å². The minimum atomic E-state index is 0.250. The van der Waals surface area contributed by atoms with Crippen LogP contribution in [0.5, 0.6) is 5.75 Å². The second kappa shape index (κ2) is 7.62. The van der Waals surface area contributed by atoms with Gasteiger partial charge in [0.25, 0.3) is 0 Å². The summed E-state index contributed by atoms with van der Waals surface area (Å²) in [6.45, 7) is 2.68. The largest absolute Gasteiger partial charge is 0.496 e. The second-order valence-electron chi connectivity index (χ2n) is 5.51. The normalized spacial score (nSPS) is 20.6. The van der Waals surface area contributed by atoms with Gasteiger partial charge in [0.15, 0.2) is 0 Å². The van der Waals surface area contributed by atoms with Crippen molar-refractivity contribution < 1.29 is 9.84 Å². The number of ether oxygens (including phenoxy) is 1. The molecule has 20 heavy (non-hydrogen) atoms. The van der Waals surface area contributed by atoms with Gasteiger partial charge in [-0.05, 0) is 37.1 Å².